The first kappa shape index (κ1) is 17.6. The van der Waals surface area contributed by atoms with Gasteiger partial charge in [0.25, 0.3) is 0 Å². The lowest BCUT2D eigenvalue weighted by Crippen LogP contribution is -2.13. The maximum atomic E-state index is 6.52. The first-order valence-electron chi connectivity index (χ1n) is 7.61. The van der Waals surface area contributed by atoms with Crippen LogP contribution >= 0.6 is 27.5 Å². The molecule has 0 unspecified atom stereocenters. The van der Waals surface area contributed by atoms with Gasteiger partial charge < -0.3 is 0 Å². The third-order valence-electron chi connectivity index (χ3n) is 3.92. The Labute approximate surface area is 148 Å². The molecule has 0 saturated heterocycles. The molecule has 0 aliphatic carbocycles. The maximum absolute atomic E-state index is 6.52. The van der Waals surface area contributed by atoms with E-state index >= 15 is 0 Å². The summed E-state index contributed by atoms with van der Waals surface area (Å²) in [7, 11) is 0. The van der Waals surface area contributed by atoms with E-state index in [2.05, 4.69) is 87.8 Å². The lowest BCUT2D eigenvalue weighted by Gasteiger charge is -2.24. The Balaban J connectivity index is 2.68. The average Bonchev–Trinajstić information content (AvgIpc) is 2.36. The largest absolute Gasteiger partial charge is 0.0836 e. The predicted octanol–water partition coefficient (Wildman–Crippen LogP) is 7.36. The first-order chi connectivity index (χ1) is 10.0. The van der Waals surface area contributed by atoms with Gasteiger partial charge in [0.1, 0.15) is 0 Å². The van der Waals surface area contributed by atoms with Gasteiger partial charge in [0.05, 0.1) is 0 Å². The highest BCUT2D eigenvalue weighted by Crippen LogP contribution is 2.42. The van der Waals surface area contributed by atoms with E-state index in [1.54, 1.807) is 0 Å². The predicted molar refractivity (Wildman–Crippen MR) is 102 cm³/mol. The van der Waals surface area contributed by atoms with E-state index < -0.39 is 0 Å². The van der Waals surface area contributed by atoms with Crippen molar-refractivity contribution < 1.29 is 0 Å². The summed E-state index contributed by atoms with van der Waals surface area (Å²) in [6, 6.07) is 12.8. The standard InChI is InChI=1S/C20H24BrCl/c1-19(2,3)14-9-7-8-13(12-14)17-16(22)11-10-15(18(17)21)20(4,5)6/h7-12H,1-6H3. The van der Waals surface area contributed by atoms with Crippen LogP contribution in [0.4, 0.5) is 0 Å². The van der Waals surface area contributed by atoms with E-state index in [0.29, 0.717) is 0 Å². The Morgan fingerprint density at radius 1 is 0.864 bits per heavy atom. The van der Waals surface area contributed by atoms with Gasteiger partial charge in [-0.05, 0) is 49.5 Å². The molecule has 0 nitrogen and oxygen atoms in total. The van der Waals surface area contributed by atoms with Crippen LogP contribution in [0.2, 0.25) is 5.02 Å². The second kappa shape index (κ2) is 6.02. The third-order valence-corrected chi connectivity index (χ3v) is 5.06. The lowest BCUT2D eigenvalue weighted by molar-refractivity contribution is 0.587. The highest BCUT2D eigenvalue weighted by molar-refractivity contribution is 9.10. The number of rotatable bonds is 1. The minimum atomic E-state index is 0.0693. The molecule has 0 saturated carbocycles. The van der Waals surface area contributed by atoms with Gasteiger partial charge >= 0.3 is 0 Å². The summed E-state index contributed by atoms with van der Waals surface area (Å²) in [6.07, 6.45) is 0. The minimum Gasteiger partial charge on any atom is -0.0836 e. The van der Waals surface area contributed by atoms with Crippen molar-refractivity contribution in [2.24, 2.45) is 0 Å². The summed E-state index contributed by atoms with van der Waals surface area (Å²) < 4.78 is 1.10. The van der Waals surface area contributed by atoms with Gasteiger partial charge in [-0.2, -0.15) is 0 Å². The molecule has 0 spiro atoms. The highest BCUT2D eigenvalue weighted by Gasteiger charge is 2.22. The summed E-state index contributed by atoms with van der Waals surface area (Å²) in [4.78, 5) is 0. The summed E-state index contributed by atoms with van der Waals surface area (Å²) in [5, 5.41) is 0.783. The van der Waals surface area contributed by atoms with Gasteiger partial charge in [-0.1, -0.05) is 83.5 Å². The fourth-order valence-electron chi connectivity index (χ4n) is 2.54. The Bertz CT molecular complexity index is 688. The summed E-state index contributed by atoms with van der Waals surface area (Å²) >= 11 is 10.3. The lowest BCUT2D eigenvalue weighted by atomic mass is 9.83. The van der Waals surface area contributed by atoms with Crippen LogP contribution in [0.3, 0.4) is 0 Å². The van der Waals surface area contributed by atoms with Crippen LogP contribution in [0, 0.1) is 0 Å². The van der Waals surface area contributed by atoms with Gasteiger partial charge in [-0.15, -0.1) is 0 Å². The summed E-state index contributed by atoms with van der Waals surface area (Å²) in [5.74, 6) is 0. The molecule has 2 rings (SSSR count). The van der Waals surface area contributed by atoms with Crippen LogP contribution in [-0.4, -0.2) is 0 Å². The van der Waals surface area contributed by atoms with Crippen molar-refractivity contribution in [1.82, 2.24) is 0 Å². The van der Waals surface area contributed by atoms with Crippen molar-refractivity contribution in [2.45, 2.75) is 52.4 Å². The quantitative estimate of drug-likeness (QED) is 0.485. The molecule has 0 aromatic heterocycles. The van der Waals surface area contributed by atoms with E-state index in [4.69, 9.17) is 11.6 Å². The Morgan fingerprint density at radius 3 is 2.05 bits per heavy atom. The van der Waals surface area contributed by atoms with E-state index in [-0.39, 0.29) is 10.8 Å². The third kappa shape index (κ3) is 3.58. The van der Waals surface area contributed by atoms with Gasteiger partial charge in [0, 0.05) is 15.1 Å². The van der Waals surface area contributed by atoms with E-state index in [9.17, 15) is 0 Å². The molecule has 0 fully saturated rings. The van der Waals surface area contributed by atoms with Gasteiger partial charge in [0.2, 0.25) is 0 Å². The van der Waals surface area contributed by atoms with Crippen molar-refractivity contribution in [2.75, 3.05) is 0 Å². The molecule has 0 heterocycles. The minimum absolute atomic E-state index is 0.0693. The van der Waals surface area contributed by atoms with Crippen LogP contribution < -0.4 is 0 Å². The van der Waals surface area contributed by atoms with E-state index in [1.807, 2.05) is 6.07 Å². The zero-order valence-corrected chi connectivity index (χ0v) is 16.6. The zero-order chi connectivity index (χ0) is 16.7. The van der Waals surface area contributed by atoms with Crippen molar-refractivity contribution in [3.05, 3.63) is 57.0 Å². The van der Waals surface area contributed by atoms with Crippen LogP contribution in [-0.2, 0) is 10.8 Å². The Hall–Kier alpha value is -0.790. The number of benzene rings is 2. The van der Waals surface area contributed by atoms with E-state index in [0.717, 1.165) is 20.6 Å². The van der Waals surface area contributed by atoms with Crippen LogP contribution in [0.1, 0.15) is 52.7 Å². The van der Waals surface area contributed by atoms with Crippen LogP contribution in [0.25, 0.3) is 11.1 Å². The molecule has 0 bridgehead atoms. The van der Waals surface area contributed by atoms with Gasteiger partial charge in [-0.25, -0.2) is 0 Å². The number of hydrogen-bond acceptors (Lipinski definition) is 0. The summed E-state index contributed by atoms with van der Waals surface area (Å²) in [6.45, 7) is 13.3. The zero-order valence-electron chi connectivity index (χ0n) is 14.2. The molecule has 2 heteroatoms. The van der Waals surface area contributed by atoms with Crippen molar-refractivity contribution in [3.63, 3.8) is 0 Å². The summed E-state index contributed by atoms with van der Waals surface area (Å²) in [5.41, 5.74) is 5.02. The molecule has 0 atom stereocenters. The highest BCUT2D eigenvalue weighted by atomic mass is 79.9. The van der Waals surface area contributed by atoms with Gasteiger partial charge in [0.15, 0.2) is 0 Å². The van der Waals surface area contributed by atoms with Crippen LogP contribution in [0.15, 0.2) is 40.9 Å². The fraction of sp³-hybridized carbons (Fsp3) is 0.400. The fourth-order valence-corrected chi connectivity index (χ4v) is 4.09. The monoisotopic (exact) mass is 378 g/mol. The Kier molecular flexibility index (Phi) is 4.80. The second-order valence-electron chi connectivity index (χ2n) is 7.86. The SMILES string of the molecule is CC(C)(C)c1cccc(-c2c(Cl)ccc(C(C)(C)C)c2Br)c1. The van der Waals surface area contributed by atoms with Crippen molar-refractivity contribution in [3.8, 4) is 11.1 Å². The first-order valence-corrected chi connectivity index (χ1v) is 8.78. The molecule has 0 amide bonds. The molecule has 118 valence electrons. The Morgan fingerprint density at radius 2 is 1.50 bits per heavy atom. The normalized spacial score (nSPS) is 12.5. The topological polar surface area (TPSA) is 0 Å². The smallest absolute Gasteiger partial charge is 0.0495 e. The van der Waals surface area contributed by atoms with E-state index in [1.165, 1.54) is 11.1 Å². The number of halogens is 2. The van der Waals surface area contributed by atoms with Gasteiger partial charge in [-0.3, -0.25) is 0 Å². The maximum Gasteiger partial charge on any atom is 0.0495 e. The molecule has 2 aromatic rings. The van der Waals surface area contributed by atoms with Crippen molar-refractivity contribution in [1.29, 1.82) is 0 Å². The molecule has 0 radical (unpaired) electrons. The molecule has 0 aliphatic rings. The molecule has 2 aromatic carbocycles. The molecular formula is C20H24BrCl. The molecule has 0 N–H and O–H groups in total. The second-order valence-corrected chi connectivity index (χ2v) is 9.06. The molecule has 0 aliphatic heterocycles. The number of hydrogen-bond donors (Lipinski definition) is 0. The van der Waals surface area contributed by atoms with Crippen molar-refractivity contribution >= 4 is 27.5 Å². The molecular weight excluding hydrogens is 356 g/mol. The molecule has 22 heavy (non-hydrogen) atoms. The average molecular weight is 380 g/mol. The van der Waals surface area contributed by atoms with Crippen LogP contribution in [0.5, 0.6) is 0 Å².